The number of nitrogens with zero attached hydrogens (tertiary/aromatic N) is 1. The Balaban J connectivity index is 1.73. The summed E-state index contributed by atoms with van der Waals surface area (Å²) in [5.74, 6) is -0.622. The fourth-order valence-corrected chi connectivity index (χ4v) is 4.66. The molecule has 0 radical (unpaired) electrons. The molecular formula is C23H18ClN3O2S. The summed E-state index contributed by atoms with van der Waals surface area (Å²) in [6.45, 7) is 3.84. The molecule has 7 heteroatoms. The van der Waals surface area contributed by atoms with Gasteiger partial charge in [0.25, 0.3) is 5.91 Å². The van der Waals surface area contributed by atoms with Crippen LogP contribution in [-0.4, -0.2) is 16.7 Å². The van der Waals surface area contributed by atoms with E-state index in [1.54, 1.807) is 42.5 Å². The molecule has 4 aromatic rings. The van der Waals surface area contributed by atoms with Crippen LogP contribution in [0, 0.1) is 13.8 Å². The van der Waals surface area contributed by atoms with Crippen molar-refractivity contribution in [3.05, 3.63) is 86.9 Å². The average molecular weight is 436 g/mol. The molecule has 150 valence electrons. The zero-order chi connectivity index (χ0) is 21.4. The molecule has 3 N–H and O–H groups in total. The number of pyridine rings is 1. The highest BCUT2D eigenvalue weighted by atomic mass is 35.5. The number of carbonyl (C=O) groups excluding carboxylic acids is 2. The minimum atomic E-state index is -0.392. The van der Waals surface area contributed by atoms with Crippen LogP contribution in [0.1, 0.15) is 36.9 Å². The van der Waals surface area contributed by atoms with Crippen molar-refractivity contribution in [1.82, 2.24) is 4.98 Å². The zero-order valence-electron chi connectivity index (χ0n) is 16.3. The van der Waals surface area contributed by atoms with E-state index in [4.69, 9.17) is 17.3 Å². The van der Waals surface area contributed by atoms with Gasteiger partial charge in [-0.2, -0.15) is 0 Å². The lowest BCUT2D eigenvalue weighted by atomic mass is 10.0. The minimum Gasteiger partial charge on any atom is -0.397 e. The minimum absolute atomic E-state index is 0.231. The van der Waals surface area contributed by atoms with Crippen molar-refractivity contribution in [1.29, 1.82) is 0 Å². The van der Waals surface area contributed by atoms with Crippen LogP contribution in [0.5, 0.6) is 0 Å². The zero-order valence-corrected chi connectivity index (χ0v) is 17.9. The number of nitrogens with two attached hydrogens (primary N) is 1. The summed E-state index contributed by atoms with van der Waals surface area (Å²) in [6.07, 6.45) is 0. The SMILES string of the molecule is Cc1cc(C)c2c(N)c(C(=O)Nc3ccc(Cl)cc3C(=O)c3ccccc3)sc2n1. The van der Waals surface area contributed by atoms with Crippen LogP contribution in [0.25, 0.3) is 10.2 Å². The highest BCUT2D eigenvalue weighted by molar-refractivity contribution is 7.21. The number of aromatic nitrogens is 1. The number of ketones is 1. The molecule has 30 heavy (non-hydrogen) atoms. The van der Waals surface area contributed by atoms with Gasteiger partial charge in [0.15, 0.2) is 5.78 Å². The molecule has 0 atom stereocenters. The Bertz CT molecular complexity index is 1300. The van der Waals surface area contributed by atoms with E-state index in [0.717, 1.165) is 16.6 Å². The predicted molar refractivity (Wildman–Crippen MR) is 123 cm³/mol. The van der Waals surface area contributed by atoms with E-state index in [-0.39, 0.29) is 5.78 Å². The number of hydrogen-bond donors (Lipinski definition) is 2. The first-order chi connectivity index (χ1) is 14.3. The number of benzene rings is 2. The third kappa shape index (κ3) is 3.67. The quantitative estimate of drug-likeness (QED) is 0.406. The molecule has 0 saturated heterocycles. The van der Waals surface area contributed by atoms with E-state index in [9.17, 15) is 9.59 Å². The van der Waals surface area contributed by atoms with Crippen LogP contribution in [0.3, 0.4) is 0 Å². The standard InChI is InChI=1S/C23H18ClN3O2S/c1-12-10-13(2)26-23-18(12)19(25)21(30-23)22(29)27-17-9-8-15(24)11-16(17)20(28)14-6-4-3-5-7-14/h3-11H,25H2,1-2H3,(H,27,29). The number of anilines is 2. The molecule has 0 spiro atoms. The third-order valence-corrected chi connectivity index (χ3v) is 6.07. The second-order valence-electron chi connectivity index (χ2n) is 6.94. The number of fused-ring (bicyclic) bond motifs is 1. The van der Waals surface area contributed by atoms with Crippen molar-refractivity contribution in [2.75, 3.05) is 11.1 Å². The van der Waals surface area contributed by atoms with Gasteiger partial charge in [-0.25, -0.2) is 4.98 Å². The fourth-order valence-electron chi connectivity index (χ4n) is 3.38. The number of carbonyl (C=O) groups is 2. The summed E-state index contributed by atoms with van der Waals surface area (Å²) >= 11 is 7.36. The van der Waals surface area contributed by atoms with E-state index in [0.29, 0.717) is 37.2 Å². The van der Waals surface area contributed by atoms with Gasteiger partial charge in [-0.15, -0.1) is 11.3 Å². The van der Waals surface area contributed by atoms with Crippen LogP contribution in [-0.2, 0) is 0 Å². The van der Waals surface area contributed by atoms with Crippen molar-refractivity contribution in [2.24, 2.45) is 0 Å². The summed E-state index contributed by atoms with van der Waals surface area (Å²) in [6, 6.07) is 15.6. The second-order valence-corrected chi connectivity index (χ2v) is 8.38. The average Bonchev–Trinajstić information content (AvgIpc) is 3.06. The maximum absolute atomic E-state index is 13.0. The van der Waals surface area contributed by atoms with E-state index < -0.39 is 5.91 Å². The van der Waals surface area contributed by atoms with Crippen molar-refractivity contribution in [2.45, 2.75) is 13.8 Å². The highest BCUT2D eigenvalue weighted by Crippen LogP contribution is 2.36. The lowest BCUT2D eigenvalue weighted by Gasteiger charge is -2.11. The van der Waals surface area contributed by atoms with Gasteiger partial charge >= 0.3 is 0 Å². The van der Waals surface area contributed by atoms with E-state index >= 15 is 0 Å². The van der Waals surface area contributed by atoms with Crippen LogP contribution < -0.4 is 11.1 Å². The van der Waals surface area contributed by atoms with E-state index in [2.05, 4.69) is 10.3 Å². The highest BCUT2D eigenvalue weighted by Gasteiger charge is 2.21. The molecule has 2 aromatic carbocycles. The molecular weight excluding hydrogens is 418 g/mol. The predicted octanol–water partition coefficient (Wildman–Crippen LogP) is 5.63. The van der Waals surface area contributed by atoms with Crippen LogP contribution in [0.15, 0.2) is 54.6 Å². The van der Waals surface area contributed by atoms with Gasteiger partial charge in [0.2, 0.25) is 0 Å². The Morgan fingerprint density at radius 3 is 2.53 bits per heavy atom. The molecule has 5 nitrogen and oxygen atoms in total. The number of halogens is 1. The van der Waals surface area contributed by atoms with Crippen LogP contribution in [0.4, 0.5) is 11.4 Å². The Kier molecular flexibility index (Phi) is 5.28. The van der Waals surface area contributed by atoms with Crippen LogP contribution in [0.2, 0.25) is 5.02 Å². The van der Waals surface area contributed by atoms with Crippen LogP contribution >= 0.6 is 22.9 Å². The number of amides is 1. The summed E-state index contributed by atoms with van der Waals surface area (Å²) in [4.78, 5) is 31.6. The maximum atomic E-state index is 13.0. The lowest BCUT2D eigenvalue weighted by Crippen LogP contribution is -2.15. The number of aryl methyl sites for hydroxylation is 2. The Morgan fingerprint density at radius 1 is 1.07 bits per heavy atom. The molecule has 0 unspecified atom stereocenters. The first-order valence-corrected chi connectivity index (χ1v) is 10.4. The summed E-state index contributed by atoms with van der Waals surface area (Å²) < 4.78 is 0. The van der Waals surface area contributed by atoms with Gasteiger partial charge in [0, 0.05) is 27.2 Å². The van der Waals surface area contributed by atoms with Crippen molar-refractivity contribution >= 4 is 56.2 Å². The first-order valence-electron chi connectivity index (χ1n) is 9.22. The van der Waals surface area contributed by atoms with Gasteiger partial charge in [-0.05, 0) is 43.7 Å². The Labute approximate surface area is 182 Å². The largest absolute Gasteiger partial charge is 0.397 e. The fraction of sp³-hybridized carbons (Fsp3) is 0.0870. The summed E-state index contributed by atoms with van der Waals surface area (Å²) in [7, 11) is 0. The van der Waals surface area contributed by atoms with Gasteiger partial charge in [-0.3, -0.25) is 9.59 Å². The molecule has 0 aliphatic rings. The number of rotatable bonds is 4. The van der Waals surface area contributed by atoms with Crippen molar-refractivity contribution < 1.29 is 9.59 Å². The Hall–Kier alpha value is -3.22. The van der Waals surface area contributed by atoms with E-state index in [1.165, 1.54) is 11.3 Å². The molecule has 1 amide bonds. The molecule has 0 fully saturated rings. The number of nitrogens with one attached hydrogen (secondary N) is 1. The number of nitrogen functional groups attached to an aromatic ring is 1. The topological polar surface area (TPSA) is 85.1 Å². The molecule has 0 aliphatic heterocycles. The van der Waals surface area contributed by atoms with E-state index in [1.807, 2.05) is 26.0 Å². The molecule has 4 rings (SSSR count). The maximum Gasteiger partial charge on any atom is 0.267 e. The smallest absolute Gasteiger partial charge is 0.267 e. The van der Waals surface area contributed by atoms with Gasteiger partial charge in [-0.1, -0.05) is 41.9 Å². The van der Waals surface area contributed by atoms with Gasteiger partial charge < -0.3 is 11.1 Å². The summed E-state index contributed by atoms with van der Waals surface area (Å²) in [5.41, 5.74) is 9.69. The molecule has 2 heterocycles. The lowest BCUT2D eigenvalue weighted by molar-refractivity contribution is 0.103. The van der Waals surface area contributed by atoms with Gasteiger partial charge in [0.05, 0.1) is 11.4 Å². The van der Waals surface area contributed by atoms with Crippen molar-refractivity contribution in [3.8, 4) is 0 Å². The third-order valence-electron chi connectivity index (χ3n) is 4.74. The number of hydrogen-bond acceptors (Lipinski definition) is 5. The molecule has 0 aliphatic carbocycles. The Morgan fingerprint density at radius 2 is 1.80 bits per heavy atom. The molecule has 2 aromatic heterocycles. The monoisotopic (exact) mass is 435 g/mol. The first kappa shape index (κ1) is 20.1. The molecule has 0 bridgehead atoms. The van der Waals surface area contributed by atoms with Crippen molar-refractivity contribution in [3.63, 3.8) is 0 Å². The number of thiophene rings is 1. The molecule has 0 saturated carbocycles. The normalized spacial score (nSPS) is 10.9. The second kappa shape index (κ2) is 7.89. The van der Waals surface area contributed by atoms with Gasteiger partial charge in [0.1, 0.15) is 9.71 Å². The summed E-state index contributed by atoms with van der Waals surface area (Å²) in [5, 5.41) is 4.02.